The number of benzene rings is 2. The molecule has 0 aliphatic carbocycles. The normalized spacial score (nSPS) is 10.4. The van der Waals surface area contributed by atoms with Crippen LogP contribution in [-0.2, 0) is 0 Å². The molecule has 0 saturated heterocycles. The number of anilines is 1. The van der Waals surface area contributed by atoms with Crippen LogP contribution in [0.3, 0.4) is 0 Å². The molecule has 3 aromatic rings. The van der Waals surface area contributed by atoms with Crippen LogP contribution in [0, 0.1) is 0 Å². The molecule has 0 bridgehead atoms. The second kappa shape index (κ2) is 5.18. The first kappa shape index (κ1) is 12.4. The van der Waals surface area contributed by atoms with Crippen LogP contribution < -0.4 is 10.5 Å². The maximum Gasteiger partial charge on any atom is 0.345 e. The smallest absolute Gasteiger partial charge is 0.345 e. The Morgan fingerprint density at radius 3 is 2.65 bits per heavy atom. The van der Waals surface area contributed by atoms with E-state index in [9.17, 15) is 0 Å². The zero-order chi connectivity index (χ0) is 13.9. The Labute approximate surface area is 119 Å². The van der Waals surface area contributed by atoms with Crippen LogP contribution >= 0.6 is 11.6 Å². The molecule has 100 valence electrons. The summed E-state index contributed by atoms with van der Waals surface area (Å²) in [5.41, 5.74) is 7.05. The van der Waals surface area contributed by atoms with Crippen LogP contribution in [0.5, 0.6) is 11.8 Å². The number of halogens is 1. The lowest BCUT2D eigenvalue weighted by Crippen LogP contribution is -2.01. The molecule has 0 saturated carbocycles. The molecule has 1 heterocycles. The van der Waals surface area contributed by atoms with Gasteiger partial charge in [0.05, 0.1) is 11.4 Å². The average molecular weight is 288 g/mol. The Balaban J connectivity index is 1.95. The van der Waals surface area contributed by atoms with Crippen molar-refractivity contribution in [3.63, 3.8) is 0 Å². The fourth-order valence-electron chi connectivity index (χ4n) is 1.68. The topological polar surface area (TPSA) is 78.8 Å². The quantitative estimate of drug-likeness (QED) is 0.749. The summed E-state index contributed by atoms with van der Waals surface area (Å²) < 4.78 is 7.11. The lowest BCUT2D eigenvalue weighted by Gasteiger charge is -2.08. The molecular formula is C13H10ClN5O. The van der Waals surface area contributed by atoms with Crippen LogP contribution in [0.1, 0.15) is 0 Å². The van der Waals surface area contributed by atoms with Gasteiger partial charge in [-0.05, 0) is 40.8 Å². The van der Waals surface area contributed by atoms with E-state index in [2.05, 4.69) is 15.5 Å². The van der Waals surface area contributed by atoms with Crippen LogP contribution in [0.2, 0.25) is 5.02 Å². The number of hydrogen-bond donors (Lipinski definition) is 1. The lowest BCUT2D eigenvalue weighted by atomic mass is 10.3. The molecule has 0 radical (unpaired) electrons. The van der Waals surface area contributed by atoms with Gasteiger partial charge in [0.15, 0.2) is 5.75 Å². The molecule has 0 aliphatic rings. The Bertz CT molecular complexity index is 729. The van der Waals surface area contributed by atoms with Crippen LogP contribution in [0.15, 0.2) is 48.5 Å². The van der Waals surface area contributed by atoms with E-state index >= 15 is 0 Å². The zero-order valence-corrected chi connectivity index (χ0v) is 11.0. The number of rotatable bonds is 3. The van der Waals surface area contributed by atoms with Gasteiger partial charge in [0, 0.05) is 5.02 Å². The van der Waals surface area contributed by atoms with E-state index in [0.29, 0.717) is 16.5 Å². The number of nitrogens with zero attached hydrogens (tertiary/aromatic N) is 4. The fraction of sp³-hybridized carbons (Fsp3) is 0. The van der Waals surface area contributed by atoms with Gasteiger partial charge in [-0.15, -0.1) is 0 Å². The third kappa shape index (κ3) is 2.41. The third-order valence-corrected chi connectivity index (χ3v) is 2.85. The number of nitrogens with two attached hydrogens (primary N) is 1. The van der Waals surface area contributed by atoms with Crippen molar-refractivity contribution >= 4 is 17.3 Å². The second-order valence-corrected chi connectivity index (χ2v) is 4.43. The average Bonchev–Trinajstić information content (AvgIpc) is 2.91. The van der Waals surface area contributed by atoms with E-state index in [0.717, 1.165) is 5.69 Å². The predicted octanol–water partition coefficient (Wildman–Crippen LogP) is 2.69. The van der Waals surface area contributed by atoms with Crippen molar-refractivity contribution in [2.45, 2.75) is 0 Å². The highest BCUT2D eigenvalue weighted by atomic mass is 35.5. The van der Waals surface area contributed by atoms with Crippen molar-refractivity contribution < 1.29 is 4.74 Å². The van der Waals surface area contributed by atoms with Crippen molar-refractivity contribution in [1.82, 2.24) is 20.2 Å². The third-order valence-electron chi connectivity index (χ3n) is 2.61. The number of nitrogen functional groups attached to an aromatic ring is 1. The van der Waals surface area contributed by atoms with Crippen molar-refractivity contribution in [3.05, 3.63) is 53.6 Å². The standard InChI is InChI=1S/C13H10ClN5O/c14-9-6-7-12(11(15)8-9)20-13-16-17-18-19(13)10-4-2-1-3-5-10/h1-8H,15H2. The summed E-state index contributed by atoms with van der Waals surface area (Å²) in [6.45, 7) is 0. The van der Waals surface area contributed by atoms with Gasteiger partial charge >= 0.3 is 6.01 Å². The maximum atomic E-state index is 5.84. The summed E-state index contributed by atoms with van der Waals surface area (Å²) in [6.07, 6.45) is 0. The molecule has 0 atom stereocenters. The molecule has 0 fully saturated rings. The van der Waals surface area contributed by atoms with E-state index in [1.54, 1.807) is 18.2 Å². The number of aromatic nitrogens is 4. The highest BCUT2D eigenvalue weighted by molar-refractivity contribution is 6.30. The van der Waals surface area contributed by atoms with E-state index in [4.69, 9.17) is 22.1 Å². The molecule has 20 heavy (non-hydrogen) atoms. The van der Waals surface area contributed by atoms with Crippen molar-refractivity contribution in [2.75, 3.05) is 5.73 Å². The SMILES string of the molecule is Nc1cc(Cl)ccc1Oc1nnnn1-c1ccccc1. The predicted molar refractivity (Wildman–Crippen MR) is 75.1 cm³/mol. The minimum absolute atomic E-state index is 0.227. The number of tetrazole rings is 1. The highest BCUT2D eigenvalue weighted by Crippen LogP contribution is 2.29. The van der Waals surface area contributed by atoms with Crippen molar-refractivity contribution in [2.24, 2.45) is 0 Å². The Morgan fingerprint density at radius 1 is 1.10 bits per heavy atom. The molecule has 2 N–H and O–H groups in total. The first-order valence-electron chi connectivity index (χ1n) is 5.81. The monoisotopic (exact) mass is 287 g/mol. The van der Waals surface area contributed by atoms with E-state index in [-0.39, 0.29) is 6.01 Å². The van der Waals surface area contributed by atoms with Gasteiger partial charge in [0.2, 0.25) is 0 Å². The van der Waals surface area contributed by atoms with E-state index in [1.807, 2.05) is 30.3 Å². The molecule has 1 aromatic heterocycles. The summed E-state index contributed by atoms with van der Waals surface area (Å²) >= 11 is 5.84. The van der Waals surface area contributed by atoms with Gasteiger partial charge in [0.25, 0.3) is 0 Å². The molecule has 0 amide bonds. The Hall–Kier alpha value is -2.60. The summed E-state index contributed by atoms with van der Waals surface area (Å²) in [4.78, 5) is 0. The molecular weight excluding hydrogens is 278 g/mol. The minimum atomic E-state index is 0.227. The lowest BCUT2D eigenvalue weighted by molar-refractivity contribution is 0.429. The molecule has 2 aromatic carbocycles. The molecule has 0 aliphatic heterocycles. The molecule has 3 rings (SSSR count). The largest absolute Gasteiger partial charge is 0.421 e. The van der Waals surface area contributed by atoms with E-state index in [1.165, 1.54) is 4.68 Å². The maximum absolute atomic E-state index is 5.84. The molecule has 0 spiro atoms. The molecule has 0 unspecified atom stereocenters. The van der Waals surface area contributed by atoms with E-state index < -0.39 is 0 Å². The first-order chi connectivity index (χ1) is 9.74. The van der Waals surface area contributed by atoms with Gasteiger partial charge in [-0.1, -0.05) is 34.9 Å². The van der Waals surface area contributed by atoms with Crippen LogP contribution in [0.4, 0.5) is 5.69 Å². The second-order valence-electron chi connectivity index (χ2n) is 3.99. The van der Waals surface area contributed by atoms with Gasteiger partial charge in [-0.25, -0.2) is 0 Å². The van der Waals surface area contributed by atoms with Crippen LogP contribution in [0.25, 0.3) is 5.69 Å². The van der Waals surface area contributed by atoms with Crippen molar-refractivity contribution in [3.8, 4) is 17.4 Å². The van der Waals surface area contributed by atoms with Gasteiger partial charge < -0.3 is 10.5 Å². The number of hydrogen-bond acceptors (Lipinski definition) is 5. The number of para-hydroxylation sites is 1. The summed E-state index contributed by atoms with van der Waals surface area (Å²) in [6, 6.07) is 14.6. The first-order valence-corrected chi connectivity index (χ1v) is 6.18. The Morgan fingerprint density at radius 2 is 1.90 bits per heavy atom. The summed E-state index contributed by atoms with van der Waals surface area (Å²) in [5, 5.41) is 11.9. The van der Waals surface area contributed by atoms with Crippen molar-refractivity contribution in [1.29, 1.82) is 0 Å². The Kier molecular flexibility index (Phi) is 3.22. The van der Waals surface area contributed by atoms with Gasteiger partial charge in [-0.2, -0.15) is 4.68 Å². The summed E-state index contributed by atoms with van der Waals surface area (Å²) in [7, 11) is 0. The van der Waals surface area contributed by atoms with Crippen LogP contribution in [-0.4, -0.2) is 20.2 Å². The number of ether oxygens (including phenoxy) is 1. The molecule has 6 nitrogen and oxygen atoms in total. The summed E-state index contributed by atoms with van der Waals surface area (Å²) in [5.74, 6) is 0.446. The van der Waals surface area contributed by atoms with Gasteiger partial charge in [-0.3, -0.25) is 0 Å². The van der Waals surface area contributed by atoms with Gasteiger partial charge in [0.1, 0.15) is 0 Å². The zero-order valence-electron chi connectivity index (χ0n) is 10.3. The fourth-order valence-corrected chi connectivity index (χ4v) is 1.86. The molecule has 7 heteroatoms. The minimum Gasteiger partial charge on any atom is -0.421 e. The highest BCUT2D eigenvalue weighted by Gasteiger charge is 2.12.